The zero-order valence-electron chi connectivity index (χ0n) is 11.6. The van der Waals surface area contributed by atoms with Crippen LogP contribution in [0.2, 0.25) is 0 Å². The third kappa shape index (κ3) is 5.99. The Bertz CT molecular complexity index is 320. The molecule has 0 bridgehead atoms. The summed E-state index contributed by atoms with van der Waals surface area (Å²) in [4.78, 5) is 22.6. The van der Waals surface area contributed by atoms with Gasteiger partial charge in [0.25, 0.3) is 0 Å². The highest BCUT2D eigenvalue weighted by molar-refractivity contribution is 5.80. The Hall–Kier alpha value is -1.12. The molecule has 0 aromatic heterocycles. The van der Waals surface area contributed by atoms with Crippen LogP contribution in [0.25, 0.3) is 0 Å². The Morgan fingerprint density at radius 1 is 1.39 bits per heavy atom. The smallest absolute Gasteiger partial charge is 0.222 e. The highest BCUT2D eigenvalue weighted by Crippen LogP contribution is 2.19. The molecule has 0 radical (unpaired) electrons. The number of carbonyl (C=O) groups excluding carboxylic acids is 2. The van der Waals surface area contributed by atoms with Gasteiger partial charge < -0.3 is 10.1 Å². The van der Waals surface area contributed by atoms with Gasteiger partial charge >= 0.3 is 0 Å². The summed E-state index contributed by atoms with van der Waals surface area (Å²) in [5.41, 5.74) is 1.48. The second-order valence-corrected chi connectivity index (χ2v) is 5.29. The fourth-order valence-corrected chi connectivity index (χ4v) is 2.20. The topological polar surface area (TPSA) is 46.2 Å². The molecule has 1 aliphatic carbocycles. The Labute approximate surface area is 110 Å². The van der Waals surface area contributed by atoms with Crippen molar-refractivity contribution in [2.75, 3.05) is 6.54 Å². The van der Waals surface area contributed by atoms with Crippen molar-refractivity contribution in [3.05, 3.63) is 11.6 Å². The van der Waals surface area contributed by atoms with E-state index in [4.69, 9.17) is 0 Å². The summed E-state index contributed by atoms with van der Waals surface area (Å²) < 4.78 is 0. The number of allylic oxidation sites excluding steroid dienone is 1. The van der Waals surface area contributed by atoms with E-state index in [0.29, 0.717) is 12.8 Å². The van der Waals surface area contributed by atoms with Gasteiger partial charge in [0.1, 0.15) is 5.78 Å². The summed E-state index contributed by atoms with van der Waals surface area (Å²) in [6.45, 7) is 4.19. The summed E-state index contributed by atoms with van der Waals surface area (Å²) in [5, 5.41) is 2.96. The van der Waals surface area contributed by atoms with E-state index in [0.717, 1.165) is 13.0 Å². The number of hydrogen-bond acceptors (Lipinski definition) is 2. The fraction of sp³-hybridized carbons (Fsp3) is 0.733. The summed E-state index contributed by atoms with van der Waals surface area (Å²) in [6.07, 6.45) is 9.42. The third-order valence-electron chi connectivity index (χ3n) is 3.51. The molecule has 0 aromatic carbocycles. The van der Waals surface area contributed by atoms with Gasteiger partial charge in [-0.3, -0.25) is 4.79 Å². The number of ketones is 1. The van der Waals surface area contributed by atoms with Crippen LogP contribution < -0.4 is 5.32 Å². The van der Waals surface area contributed by atoms with E-state index in [2.05, 4.69) is 11.4 Å². The minimum absolute atomic E-state index is 0.0609. The monoisotopic (exact) mass is 251 g/mol. The third-order valence-corrected chi connectivity index (χ3v) is 3.51. The number of carbonyl (C=O) groups is 2. The van der Waals surface area contributed by atoms with Gasteiger partial charge in [-0.15, -0.1) is 0 Å². The van der Waals surface area contributed by atoms with E-state index >= 15 is 0 Å². The number of hydrogen-bond donors (Lipinski definition) is 1. The SMILES string of the molecule is CC(=O)CCC(C)C(=O)NCCC1=CCCCC1. The van der Waals surface area contributed by atoms with Crippen LogP contribution in [0.4, 0.5) is 0 Å². The first kappa shape index (κ1) is 14.9. The molecular weight excluding hydrogens is 226 g/mol. The Kier molecular flexibility index (Phi) is 6.69. The molecule has 0 fully saturated rings. The van der Waals surface area contributed by atoms with Crippen LogP contribution in [0.1, 0.15) is 58.8 Å². The number of rotatable bonds is 7. The molecule has 1 aliphatic rings. The van der Waals surface area contributed by atoms with Crippen LogP contribution >= 0.6 is 0 Å². The van der Waals surface area contributed by atoms with Crippen molar-refractivity contribution in [2.45, 2.75) is 58.8 Å². The minimum atomic E-state index is -0.0609. The van der Waals surface area contributed by atoms with Crippen molar-refractivity contribution >= 4 is 11.7 Å². The minimum Gasteiger partial charge on any atom is -0.356 e. The molecule has 18 heavy (non-hydrogen) atoms. The first-order chi connectivity index (χ1) is 8.59. The lowest BCUT2D eigenvalue weighted by Gasteiger charge is -2.14. The van der Waals surface area contributed by atoms with E-state index in [1.165, 1.54) is 31.3 Å². The molecule has 0 spiro atoms. The molecule has 0 heterocycles. The van der Waals surface area contributed by atoms with Crippen molar-refractivity contribution < 1.29 is 9.59 Å². The molecule has 1 atom stereocenters. The summed E-state index contributed by atoms with van der Waals surface area (Å²) >= 11 is 0. The maximum Gasteiger partial charge on any atom is 0.222 e. The van der Waals surface area contributed by atoms with Gasteiger partial charge in [-0.25, -0.2) is 0 Å². The zero-order chi connectivity index (χ0) is 13.4. The van der Waals surface area contributed by atoms with Gasteiger partial charge in [0.2, 0.25) is 5.91 Å². The van der Waals surface area contributed by atoms with Crippen LogP contribution in [0.3, 0.4) is 0 Å². The van der Waals surface area contributed by atoms with E-state index in [1.54, 1.807) is 6.92 Å². The highest BCUT2D eigenvalue weighted by Gasteiger charge is 2.13. The van der Waals surface area contributed by atoms with E-state index in [9.17, 15) is 9.59 Å². The zero-order valence-corrected chi connectivity index (χ0v) is 11.6. The second kappa shape index (κ2) is 8.06. The van der Waals surface area contributed by atoms with Gasteiger partial charge in [-0.05, 0) is 45.4 Å². The molecule has 102 valence electrons. The lowest BCUT2D eigenvalue weighted by atomic mass is 9.97. The Morgan fingerprint density at radius 3 is 2.78 bits per heavy atom. The van der Waals surface area contributed by atoms with Crippen LogP contribution in [0, 0.1) is 5.92 Å². The first-order valence-electron chi connectivity index (χ1n) is 7.04. The average molecular weight is 251 g/mol. The number of Topliss-reactive ketones (excluding diaryl/α,β-unsaturated/α-hetero) is 1. The largest absolute Gasteiger partial charge is 0.356 e. The normalized spacial score (nSPS) is 16.9. The van der Waals surface area contributed by atoms with E-state index in [1.807, 2.05) is 6.92 Å². The fourth-order valence-electron chi connectivity index (χ4n) is 2.20. The standard InChI is InChI=1S/C15H25NO2/c1-12(8-9-13(2)17)15(18)16-11-10-14-6-4-3-5-7-14/h6,12H,3-5,7-11H2,1-2H3,(H,16,18). The Balaban J connectivity index is 2.15. The van der Waals surface area contributed by atoms with Crippen LogP contribution in [0.5, 0.6) is 0 Å². The van der Waals surface area contributed by atoms with Gasteiger partial charge in [-0.2, -0.15) is 0 Å². The molecule has 1 N–H and O–H groups in total. The number of amides is 1. The first-order valence-corrected chi connectivity index (χ1v) is 7.04. The molecule has 0 aromatic rings. The van der Waals surface area contributed by atoms with E-state index in [-0.39, 0.29) is 17.6 Å². The highest BCUT2D eigenvalue weighted by atomic mass is 16.2. The van der Waals surface area contributed by atoms with Crippen molar-refractivity contribution in [1.82, 2.24) is 5.32 Å². The van der Waals surface area contributed by atoms with Gasteiger partial charge in [0.05, 0.1) is 0 Å². The molecular formula is C15H25NO2. The molecule has 3 heteroatoms. The molecule has 0 aliphatic heterocycles. The van der Waals surface area contributed by atoms with Crippen LogP contribution in [-0.4, -0.2) is 18.2 Å². The summed E-state index contributed by atoms with van der Waals surface area (Å²) in [5.74, 6) is 0.170. The lowest BCUT2D eigenvalue weighted by molar-refractivity contribution is -0.125. The predicted molar refractivity (Wildman–Crippen MR) is 73.3 cm³/mol. The quantitative estimate of drug-likeness (QED) is 0.707. The predicted octanol–water partition coefficient (Wildman–Crippen LogP) is 3.00. The van der Waals surface area contributed by atoms with Crippen LogP contribution in [0.15, 0.2) is 11.6 Å². The molecule has 1 unspecified atom stereocenters. The van der Waals surface area contributed by atoms with Crippen molar-refractivity contribution in [3.63, 3.8) is 0 Å². The lowest BCUT2D eigenvalue weighted by Crippen LogP contribution is -2.30. The van der Waals surface area contributed by atoms with Crippen molar-refractivity contribution in [1.29, 1.82) is 0 Å². The van der Waals surface area contributed by atoms with Gasteiger partial charge in [0, 0.05) is 18.9 Å². The van der Waals surface area contributed by atoms with Gasteiger partial charge in [0.15, 0.2) is 0 Å². The maximum atomic E-state index is 11.8. The number of nitrogens with one attached hydrogen (secondary N) is 1. The maximum absolute atomic E-state index is 11.8. The van der Waals surface area contributed by atoms with Crippen molar-refractivity contribution in [3.8, 4) is 0 Å². The van der Waals surface area contributed by atoms with Crippen molar-refractivity contribution in [2.24, 2.45) is 5.92 Å². The summed E-state index contributed by atoms with van der Waals surface area (Å²) in [6, 6.07) is 0. The molecule has 3 nitrogen and oxygen atoms in total. The van der Waals surface area contributed by atoms with E-state index < -0.39 is 0 Å². The van der Waals surface area contributed by atoms with Crippen LogP contribution in [-0.2, 0) is 9.59 Å². The average Bonchev–Trinajstić information content (AvgIpc) is 2.37. The molecule has 0 saturated carbocycles. The molecule has 0 saturated heterocycles. The second-order valence-electron chi connectivity index (χ2n) is 5.29. The Morgan fingerprint density at radius 2 is 2.17 bits per heavy atom. The van der Waals surface area contributed by atoms with Gasteiger partial charge in [-0.1, -0.05) is 18.6 Å². The summed E-state index contributed by atoms with van der Waals surface area (Å²) in [7, 11) is 0. The molecule has 1 rings (SSSR count). The molecule has 1 amide bonds.